The molecule has 110 valence electrons. The Morgan fingerprint density at radius 2 is 2.21 bits per heavy atom. The minimum absolute atomic E-state index is 0.146. The van der Waals surface area contributed by atoms with Crippen LogP contribution < -0.4 is 10.5 Å². The molecule has 0 fully saturated rings. The highest BCUT2D eigenvalue weighted by Gasteiger charge is 2.21. The molecule has 0 aromatic carbocycles. The van der Waals surface area contributed by atoms with Crippen LogP contribution in [0.2, 0.25) is 0 Å². The molecule has 6 nitrogen and oxygen atoms in total. The van der Waals surface area contributed by atoms with Gasteiger partial charge in [0.15, 0.2) is 0 Å². The van der Waals surface area contributed by atoms with E-state index in [2.05, 4.69) is 20.7 Å². The molecule has 0 aliphatic rings. The number of methoxy groups -OCH3 is 2. The van der Waals surface area contributed by atoms with E-state index in [0.717, 1.165) is 4.88 Å². The van der Waals surface area contributed by atoms with Gasteiger partial charge in [0.05, 0.1) is 16.5 Å². The van der Waals surface area contributed by atoms with Crippen molar-refractivity contribution in [1.29, 1.82) is 0 Å². The van der Waals surface area contributed by atoms with Gasteiger partial charge in [0.2, 0.25) is 10.0 Å². The molecule has 0 saturated carbocycles. The number of ether oxygens (including phenoxy) is 2. The van der Waals surface area contributed by atoms with Crippen LogP contribution in [-0.4, -0.2) is 41.9 Å². The summed E-state index contributed by atoms with van der Waals surface area (Å²) < 4.78 is 37.3. The average molecular weight is 373 g/mol. The fraction of sp³-hybridized carbons (Fsp3) is 0.600. The summed E-state index contributed by atoms with van der Waals surface area (Å²) in [6.45, 7) is 0.772. The zero-order chi connectivity index (χ0) is 14.5. The fourth-order valence-electron chi connectivity index (χ4n) is 1.36. The molecule has 1 heterocycles. The molecule has 0 radical (unpaired) electrons. The van der Waals surface area contributed by atoms with E-state index in [4.69, 9.17) is 15.2 Å². The summed E-state index contributed by atoms with van der Waals surface area (Å²) in [6.07, 6.45) is -0.328. The Morgan fingerprint density at radius 3 is 2.68 bits per heavy atom. The molecule has 1 aromatic heterocycles. The number of halogens is 1. The van der Waals surface area contributed by atoms with Crippen LogP contribution in [0.5, 0.6) is 0 Å². The van der Waals surface area contributed by atoms with Crippen molar-refractivity contribution in [2.75, 3.05) is 27.4 Å². The average Bonchev–Trinajstić information content (AvgIpc) is 2.76. The summed E-state index contributed by atoms with van der Waals surface area (Å²) in [5.41, 5.74) is 5.50. The molecule has 9 heteroatoms. The molecular weight excluding hydrogens is 356 g/mol. The number of hydrogen-bond donors (Lipinski definition) is 2. The second kappa shape index (κ2) is 7.67. The maximum Gasteiger partial charge on any atom is 0.242 e. The topological polar surface area (TPSA) is 90.7 Å². The van der Waals surface area contributed by atoms with Gasteiger partial charge < -0.3 is 15.2 Å². The van der Waals surface area contributed by atoms with Crippen molar-refractivity contribution in [2.24, 2.45) is 5.73 Å². The molecule has 1 atom stereocenters. The Labute approximate surface area is 125 Å². The first-order valence-corrected chi connectivity index (χ1v) is 8.53. The minimum atomic E-state index is -3.58. The number of rotatable bonds is 8. The largest absolute Gasteiger partial charge is 0.382 e. The Kier molecular flexibility index (Phi) is 6.87. The molecule has 0 aliphatic heterocycles. The minimum Gasteiger partial charge on any atom is -0.382 e. The lowest BCUT2D eigenvalue weighted by molar-refractivity contribution is 0.0320. The van der Waals surface area contributed by atoms with E-state index >= 15 is 0 Å². The molecule has 0 saturated heterocycles. The molecule has 0 bridgehead atoms. The van der Waals surface area contributed by atoms with Crippen molar-refractivity contribution in [1.82, 2.24) is 4.72 Å². The maximum atomic E-state index is 12.1. The van der Waals surface area contributed by atoms with Crippen LogP contribution in [0.25, 0.3) is 0 Å². The van der Waals surface area contributed by atoms with Gasteiger partial charge in [-0.2, -0.15) is 0 Å². The normalized spacial score (nSPS) is 13.7. The summed E-state index contributed by atoms with van der Waals surface area (Å²) in [5.74, 6) is 0. The lowest BCUT2D eigenvalue weighted by atomic mass is 10.4. The van der Waals surface area contributed by atoms with Crippen LogP contribution in [-0.2, 0) is 26.0 Å². The van der Waals surface area contributed by atoms with Gasteiger partial charge in [0.25, 0.3) is 0 Å². The molecular formula is C10H17BrN2O4S2. The number of hydrogen-bond acceptors (Lipinski definition) is 6. The zero-order valence-corrected chi connectivity index (χ0v) is 13.9. The van der Waals surface area contributed by atoms with Crippen molar-refractivity contribution in [3.8, 4) is 0 Å². The van der Waals surface area contributed by atoms with E-state index in [1.165, 1.54) is 25.6 Å². The smallest absolute Gasteiger partial charge is 0.242 e. The third kappa shape index (κ3) is 4.78. The highest BCUT2D eigenvalue weighted by molar-refractivity contribution is 9.11. The standard InChI is InChI=1S/C10H17BrN2O4S2/c1-16-6-7(17-2)5-13-19(14,15)9-3-8(4-12)18-10(9)11/h3,7,13H,4-6,12H2,1-2H3. The number of sulfonamides is 1. The van der Waals surface area contributed by atoms with Crippen LogP contribution in [0, 0.1) is 0 Å². The van der Waals surface area contributed by atoms with Crippen LogP contribution >= 0.6 is 27.3 Å². The van der Waals surface area contributed by atoms with Gasteiger partial charge in [-0.15, -0.1) is 11.3 Å². The van der Waals surface area contributed by atoms with Gasteiger partial charge in [0, 0.05) is 32.2 Å². The van der Waals surface area contributed by atoms with Gasteiger partial charge in [-0.25, -0.2) is 13.1 Å². The molecule has 0 spiro atoms. The summed E-state index contributed by atoms with van der Waals surface area (Å²) in [6, 6.07) is 1.56. The molecule has 0 amide bonds. The molecule has 0 aliphatic carbocycles. The van der Waals surface area contributed by atoms with E-state index in [1.807, 2.05) is 0 Å². The van der Waals surface area contributed by atoms with Crippen molar-refractivity contribution in [3.05, 3.63) is 14.7 Å². The van der Waals surface area contributed by atoms with Crippen LogP contribution in [0.15, 0.2) is 14.7 Å². The lowest BCUT2D eigenvalue weighted by Gasteiger charge is -2.14. The van der Waals surface area contributed by atoms with Crippen LogP contribution in [0.3, 0.4) is 0 Å². The fourth-order valence-corrected chi connectivity index (χ4v) is 4.98. The van der Waals surface area contributed by atoms with Gasteiger partial charge in [-0.3, -0.25) is 0 Å². The van der Waals surface area contributed by atoms with Gasteiger partial charge >= 0.3 is 0 Å². The maximum absolute atomic E-state index is 12.1. The van der Waals surface area contributed by atoms with Crippen molar-refractivity contribution >= 4 is 37.3 Å². The summed E-state index contributed by atoms with van der Waals surface area (Å²) >= 11 is 4.54. The monoisotopic (exact) mass is 372 g/mol. The summed E-state index contributed by atoms with van der Waals surface area (Å²) in [7, 11) is -0.545. The van der Waals surface area contributed by atoms with Crippen LogP contribution in [0.4, 0.5) is 0 Å². The van der Waals surface area contributed by atoms with E-state index in [0.29, 0.717) is 16.9 Å². The Balaban J connectivity index is 2.77. The second-order valence-corrected chi connectivity index (χ2v) is 7.91. The number of thiophene rings is 1. The van der Waals surface area contributed by atoms with E-state index in [1.54, 1.807) is 6.07 Å². The molecule has 1 rings (SSSR count). The van der Waals surface area contributed by atoms with Crippen molar-refractivity contribution < 1.29 is 17.9 Å². The first-order chi connectivity index (χ1) is 8.94. The van der Waals surface area contributed by atoms with E-state index in [-0.39, 0.29) is 17.5 Å². The van der Waals surface area contributed by atoms with Crippen LogP contribution in [0.1, 0.15) is 4.88 Å². The predicted octanol–water partition coefficient (Wildman–Crippen LogP) is 0.909. The Morgan fingerprint density at radius 1 is 1.53 bits per heavy atom. The van der Waals surface area contributed by atoms with Gasteiger partial charge in [-0.05, 0) is 22.0 Å². The third-order valence-corrected chi connectivity index (χ3v) is 6.08. The zero-order valence-electron chi connectivity index (χ0n) is 10.7. The van der Waals surface area contributed by atoms with E-state index < -0.39 is 10.0 Å². The lowest BCUT2D eigenvalue weighted by Crippen LogP contribution is -2.35. The first-order valence-electron chi connectivity index (χ1n) is 5.44. The molecule has 1 unspecified atom stereocenters. The van der Waals surface area contributed by atoms with Gasteiger partial charge in [0.1, 0.15) is 4.90 Å². The highest BCUT2D eigenvalue weighted by atomic mass is 79.9. The van der Waals surface area contributed by atoms with Crippen molar-refractivity contribution in [3.63, 3.8) is 0 Å². The first kappa shape index (κ1) is 17.0. The number of nitrogens with one attached hydrogen (secondary N) is 1. The molecule has 3 N–H and O–H groups in total. The quantitative estimate of drug-likeness (QED) is 0.707. The Bertz CT molecular complexity index is 504. The predicted molar refractivity (Wildman–Crippen MR) is 77.8 cm³/mol. The number of nitrogens with two attached hydrogens (primary N) is 1. The Hall–Kier alpha value is -0.0300. The molecule has 19 heavy (non-hydrogen) atoms. The molecule has 1 aromatic rings. The SMILES string of the molecule is COCC(CNS(=O)(=O)c1cc(CN)sc1Br)OC. The van der Waals surface area contributed by atoms with E-state index in [9.17, 15) is 8.42 Å². The summed E-state index contributed by atoms with van der Waals surface area (Å²) in [4.78, 5) is 0.998. The second-order valence-electron chi connectivity index (χ2n) is 3.72. The summed E-state index contributed by atoms with van der Waals surface area (Å²) in [5, 5.41) is 0. The van der Waals surface area contributed by atoms with Gasteiger partial charge in [-0.1, -0.05) is 0 Å². The van der Waals surface area contributed by atoms with Crippen molar-refractivity contribution in [2.45, 2.75) is 17.5 Å². The third-order valence-electron chi connectivity index (χ3n) is 2.38. The highest BCUT2D eigenvalue weighted by Crippen LogP contribution is 2.31.